The largest absolute Gasteiger partial charge is 0.356 e. The van der Waals surface area contributed by atoms with Gasteiger partial charge < -0.3 is 9.74 Å². The van der Waals surface area contributed by atoms with Gasteiger partial charge in [0.2, 0.25) is 0 Å². The predicted molar refractivity (Wildman–Crippen MR) is 63.7 cm³/mol. The number of hydrazine groups is 1. The molecule has 98 valence electrons. The molecule has 2 fully saturated rings. The van der Waals surface area contributed by atoms with E-state index in [2.05, 4.69) is 14.6 Å². The number of fused-ring (bicyclic) bond motifs is 1. The molecule has 0 spiro atoms. The van der Waals surface area contributed by atoms with E-state index in [1.807, 2.05) is 5.59 Å². The maximum atomic E-state index is 11.2. The van der Waals surface area contributed by atoms with Crippen molar-refractivity contribution >= 4 is 5.97 Å². The number of nitrogens with zero attached hydrogens (tertiary/aromatic N) is 2. The van der Waals surface area contributed by atoms with Gasteiger partial charge in [-0.25, -0.2) is 5.84 Å². The summed E-state index contributed by atoms with van der Waals surface area (Å²) in [7, 11) is 0. The number of rotatable bonds is 4. The van der Waals surface area contributed by atoms with Crippen LogP contribution in [-0.4, -0.2) is 54.5 Å². The number of hydrogen-bond donors (Lipinski definition) is 2. The van der Waals surface area contributed by atoms with Crippen molar-refractivity contribution in [3.05, 3.63) is 0 Å². The van der Waals surface area contributed by atoms with Crippen molar-refractivity contribution in [3.8, 4) is 0 Å². The van der Waals surface area contributed by atoms with Crippen LogP contribution in [0.25, 0.3) is 0 Å². The molecule has 0 aromatic carbocycles. The second-order valence-corrected chi connectivity index (χ2v) is 4.83. The van der Waals surface area contributed by atoms with Gasteiger partial charge in [-0.05, 0) is 38.9 Å². The minimum atomic E-state index is -0.292. The third kappa shape index (κ3) is 3.64. The van der Waals surface area contributed by atoms with E-state index < -0.39 is 0 Å². The lowest BCUT2D eigenvalue weighted by molar-refractivity contribution is -0.151. The van der Waals surface area contributed by atoms with Gasteiger partial charge in [-0.1, -0.05) is 5.59 Å². The number of nitrogens with two attached hydrogens (primary N) is 1. The smallest absolute Gasteiger partial charge is 0.327 e. The van der Waals surface area contributed by atoms with Gasteiger partial charge in [0, 0.05) is 19.1 Å². The van der Waals surface area contributed by atoms with E-state index >= 15 is 0 Å². The summed E-state index contributed by atoms with van der Waals surface area (Å²) in [5, 5.41) is 0. The molecule has 6 heteroatoms. The molecule has 1 unspecified atom stereocenters. The molecule has 2 aliphatic rings. The van der Waals surface area contributed by atoms with E-state index in [1.54, 1.807) is 0 Å². The summed E-state index contributed by atoms with van der Waals surface area (Å²) in [6, 6.07) is 0.696. The summed E-state index contributed by atoms with van der Waals surface area (Å²) in [6.07, 6.45) is 4.21. The molecule has 17 heavy (non-hydrogen) atoms. The molecule has 0 saturated carbocycles. The predicted octanol–water partition coefficient (Wildman–Crippen LogP) is -0.532. The number of carbonyl (C=O) groups is 1. The Morgan fingerprint density at radius 1 is 1.35 bits per heavy atom. The lowest BCUT2D eigenvalue weighted by atomic mass is 10.2. The Hall–Kier alpha value is -0.690. The Morgan fingerprint density at radius 3 is 3.00 bits per heavy atom. The first-order valence-electron chi connectivity index (χ1n) is 6.41. The van der Waals surface area contributed by atoms with Gasteiger partial charge in [-0.3, -0.25) is 9.69 Å². The van der Waals surface area contributed by atoms with E-state index in [0.717, 1.165) is 19.6 Å². The number of nitrogens with one attached hydrogen (secondary N) is 1. The molecule has 2 saturated heterocycles. The van der Waals surface area contributed by atoms with Crippen molar-refractivity contribution < 1.29 is 9.63 Å². The van der Waals surface area contributed by atoms with Gasteiger partial charge in [0.15, 0.2) is 0 Å². The molecule has 0 aromatic heterocycles. The van der Waals surface area contributed by atoms with E-state index in [1.165, 1.54) is 32.4 Å². The summed E-state index contributed by atoms with van der Waals surface area (Å²) >= 11 is 0. The van der Waals surface area contributed by atoms with Crippen molar-refractivity contribution in [2.75, 3.05) is 32.7 Å². The van der Waals surface area contributed by atoms with Gasteiger partial charge in [0.1, 0.15) is 0 Å². The van der Waals surface area contributed by atoms with E-state index in [4.69, 9.17) is 5.84 Å². The normalized spacial score (nSPS) is 26.5. The monoisotopic (exact) mass is 242 g/mol. The average molecular weight is 242 g/mol. The Balaban J connectivity index is 1.75. The van der Waals surface area contributed by atoms with E-state index in [9.17, 15) is 4.79 Å². The van der Waals surface area contributed by atoms with Gasteiger partial charge in [0.25, 0.3) is 0 Å². The van der Waals surface area contributed by atoms with Crippen LogP contribution in [0.4, 0.5) is 0 Å². The molecule has 0 bridgehead atoms. The van der Waals surface area contributed by atoms with Crippen LogP contribution in [0.15, 0.2) is 0 Å². The van der Waals surface area contributed by atoms with Crippen LogP contribution < -0.4 is 11.4 Å². The Labute approximate surface area is 102 Å². The molecule has 1 atom stereocenters. The number of hydrogen-bond acceptors (Lipinski definition) is 6. The molecule has 0 aliphatic carbocycles. The third-order valence-corrected chi connectivity index (χ3v) is 3.69. The van der Waals surface area contributed by atoms with Crippen LogP contribution in [0.3, 0.4) is 0 Å². The van der Waals surface area contributed by atoms with Crippen LogP contribution in [-0.2, 0) is 9.63 Å². The van der Waals surface area contributed by atoms with E-state index in [0.29, 0.717) is 12.5 Å². The Kier molecular flexibility index (Phi) is 4.73. The highest BCUT2D eigenvalue weighted by Gasteiger charge is 2.28. The molecular formula is C11H22N4O2. The second kappa shape index (κ2) is 6.30. The molecule has 6 nitrogen and oxygen atoms in total. The third-order valence-electron chi connectivity index (χ3n) is 3.69. The SMILES string of the molecule is NNOC(=O)CCN1CCCN2CCCC2C1. The number of carbonyl (C=O) groups excluding carboxylic acids is 1. The highest BCUT2D eigenvalue weighted by Crippen LogP contribution is 2.21. The van der Waals surface area contributed by atoms with Gasteiger partial charge in [-0.2, -0.15) is 0 Å². The van der Waals surface area contributed by atoms with Gasteiger partial charge in [0.05, 0.1) is 6.42 Å². The molecular weight excluding hydrogens is 220 g/mol. The first kappa shape index (κ1) is 12.8. The van der Waals surface area contributed by atoms with Crippen molar-refractivity contribution in [1.29, 1.82) is 0 Å². The van der Waals surface area contributed by atoms with Crippen molar-refractivity contribution in [2.24, 2.45) is 5.84 Å². The molecule has 0 radical (unpaired) electrons. The van der Waals surface area contributed by atoms with Crippen LogP contribution in [0.5, 0.6) is 0 Å². The molecule has 3 N–H and O–H groups in total. The summed E-state index contributed by atoms with van der Waals surface area (Å²) in [5.41, 5.74) is 1.93. The molecule has 2 rings (SSSR count). The van der Waals surface area contributed by atoms with Crippen LogP contribution in [0, 0.1) is 0 Å². The van der Waals surface area contributed by atoms with Gasteiger partial charge in [-0.15, -0.1) is 0 Å². The maximum absolute atomic E-state index is 11.2. The summed E-state index contributed by atoms with van der Waals surface area (Å²) in [4.78, 5) is 20.7. The molecule has 0 amide bonds. The zero-order chi connectivity index (χ0) is 12.1. The first-order chi connectivity index (χ1) is 8.29. The molecule has 2 heterocycles. The zero-order valence-electron chi connectivity index (χ0n) is 10.2. The Morgan fingerprint density at radius 2 is 2.18 bits per heavy atom. The minimum absolute atomic E-state index is 0.292. The highest BCUT2D eigenvalue weighted by atomic mass is 16.7. The topological polar surface area (TPSA) is 70.8 Å². The fourth-order valence-electron chi connectivity index (χ4n) is 2.85. The fourth-order valence-corrected chi connectivity index (χ4v) is 2.85. The summed E-state index contributed by atoms with van der Waals surface area (Å²) < 4.78 is 0. The lowest BCUT2D eigenvalue weighted by Gasteiger charge is -2.25. The zero-order valence-corrected chi connectivity index (χ0v) is 10.2. The van der Waals surface area contributed by atoms with Crippen LogP contribution in [0.2, 0.25) is 0 Å². The quantitative estimate of drug-likeness (QED) is 0.510. The second-order valence-electron chi connectivity index (χ2n) is 4.83. The van der Waals surface area contributed by atoms with Crippen LogP contribution >= 0.6 is 0 Å². The average Bonchev–Trinajstić information content (AvgIpc) is 2.65. The highest BCUT2D eigenvalue weighted by molar-refractivity contribution is 5.69. The van der Waals surface area contributed by atoms with Crippen molar-refractivity contribution in [3.63, 3.8) is 0 Å². The molecule has 0 aromatic rings. The fraction of sp³-hybridized carbons (Fsp3) is 0.909. The summed E-state index contributed by atoms with van der Waals surface area (Å²) in [6.45, 7) is 5.39. The minimum Gasteiger partial charge on any atom is -0.356 e. The van der Waals surface area contributed by atoms with E-state index in [-0.39, 0.29) is 5.97 Å². The van der Waals surface area contributed by atoms with Crippen molar-refractivity contribution in [1.82, 2.24) is 15.4 Å². The van der Waals surface area contributed by atoms with Crippen molar-refractivity contribution in [2.45, 2.75) is 31.7 Å². The molecule has 2 aliphatic heterocycles. The van der Waals surface area contributed by atoms with Crippen LogP contribution in [0.1, 0.15) is 25.7 Å². The first-order valence-corrected chi connectivity index (χ1v) is 6.41. The van der Waals surface area contributed by atoms with Gasteiger partial charge >= 0.3 is 5.97 Å². The maximum Gasteiger partial charge on any atom is 0.327 e. The Bertz CT molecular complexity index is 262. The summed E-state index contributed by atoms with van der Waals surface area (Å²) in [5.74, 6) is 4.63. The lowest BCUT2D eigenvalue weighted by Crippen LogP contribution is -2.38. The standard InChI is InChI=1S/C11H22N4O2/c12-13-17-11(16)4-8-14-5-2-7-15-6-1-3-10(15)9-14/h10,13H,1-9,12H2.